The Balaban J connectivity index is 1.68. The molecule has 0 amide bonds. The van der Waals surface area contributed by atoms with E-state index in [0.717, 1.165) is 5.56 Å². The maximum Gasteiger partial charge on any atom is 0.300 e. The standard InChI is InChI=1S/C25H25N5O5S/c1-33-20-10-6-7-11-21(20)35-22-24(28-23(29-25(22)34-2)19-13-15-26-16-14-19)30-36(31,32)27-17-12-18-8-4-3-5-9-18/h3-11,13-16,27H,12,17H2,1-2H3,(H,28,29,30). The van der Waals surface area contributed by atoms with Crippen molar-refractivity contribution in [2.75, 3.05) is 25.5 Å². The highest BCUT2D eigenvalue weighted by Gasteiger charge is 2.23. The molecule has 4 rings (SSSR count). The molecular formula is C25H25N5O5S. The zero-order valence-electron chi connectivity index (χ0n) is 19.7. The molecule has 4 aromatic rings. The third-order valence-corrected chi connectivity index (χ3v) is 6.07. The second kappa shape index (κ2) is 11.5. The lowest BCUT2D eigenvalue weighted by molar-refractivity contribution is 0.348. The number of ether oxygens (including phenoxy) is 3. The van der Waals surface area contributed by atoms with E-state index in [4.69, 9.17) is 14.2 Å². The van der Waals surface area contributed by atoms with Gasteiger partial charge < -0.3 is 14.2 Å². The number of aromatic nitrogens is 3. The number of nitrogens with zero attached hydrogens (tertiary/aromatic N) is 3. The number of methoxy groups -OCH3 is 2. The molecule has 0 atom stereocenters. The molecule has 36 heavy (non-hydrogen) atoms. The lowest BCUT2D eigenvalue weighted by Crippen LogP contribution is -2.32. The van der Waals surface area contributed by atoms with Crippen molar-refractivity contribution < 1.29 is 22.6 Å². The minimum atomic E-state index is -4.03. The zero-order valence-corrected chi connectivity index (χ0v) is 20.5. The van der Waals surface area contributed by atoms with Crippen molar-refractivity contribution in [1.82, 2.24) is 19.7 Å². The average molecular weight is 508 g/mol. The van der Waals surface area contributed by atoms with Crippen LogP contribution in [0.2, 0.25) is 0 Å². The van der Waals surface area contributed by atoms with Crippen molar-refractivity contribution in [2.24, 2.45) is 0 Å². The van der Waals surface area contributed by atoms with Crippen LogP contribution in [0.1, 0.15) is 5.56 Å². The molecule has 0 spiro atoms. The van der Waals surface area contributed by atoms with Gasteiger partial charge in [0.2, 0.25) is 5.75 Å². The lowest BCUT2D eigenvalue weighted by atomic mass is 10.2. The van der Waals surface area contributed by atoms with Gasteiger partial charge in [0.25, 0.3) is 16.1 Å². The average Bonchev–Trinajstić information content (AvgIpc) is 2.90. The van der Waals surface area contributed by atoms with Gasteiger partial charge in [0.15, 0.2) is 23.1 Å². The Morgan fingerprint density at radius 1 is 0.833 bits per heavy atom. The Kier molecular flexibility index (Phi) is 7.93. The van der Waals surface area contributed by atoms with Crippen LogP contribution >= 0.6 is 0 Å². The minimum absolute atomic E-state index is 0.0201. The van der Waals surface area contributed by atoms with E-state index >= 15 is 0 Å². The largest absolute Gasteiger partial charge is 0.493 e. The first kappa shape index (κ1) is 24.9. The summed E-state index contributed by atoms with van der Waals surface area (Å²) in [5, 5.41) is 0. The second-order valence-corrected chi connectivity index (χ2v) is 8.96. The summed E-state index contributed by atoms with van der Waals surface area (Å²) in [7, 11) is -1.12. The summed E-state index contributed by atoms with van der Waals surface area (Å²) in [5.41, 5.74) is 1.62. The Hall–Kier alpha value is -4.22. The Morgan fingerprint density at radius 2 is 1.53 bits per heavy atom. The summed E-state index contributed by atoms with van der Waals surface area (Å²) in [5.74, 6) is 0.900. The van der Waals surface area contributed by atoms with Crippen LogP contribution in [0.15, 0.2) is 79.1 Å². The molecule has 0 saturated heterocycles. The molecule has 0 fully saturated rings. The van der Waals surface area contributed by atoms with Crippen LogP contribution in [-0.4, -0.2) is 44.1 Å². The Labute approximate surface area is 209 Å². The monoisotopic (exact) mass is 507 g/mol. The van der Waals surface area contributed by atoms with E-state index in [-0.39, 0.29) is 29.8 Å². The maximum absolute atomic E-state index is 13.0. The number of anilines is 1. The lowest BCUT2D eigenvalue weighted by Gasteiger charge is -2.17. The van der Waals surface area contributed by atoms with E-state index < -0.39 is 10.2 Å². The smallest absolute Gasteiger partial charge is 0.300 e. The van der Waals surface area contributed by atoms with E-state index in [1.807, 2.05) is 30.3 Å². The van der Waals surface area contributed by atoms with Crippen LogP contribution in [0.25, 0.3) is 11.4 Å². The van der Waals surface area contributed by atoms with Crippen molar-refractivity contribution in [3.8, 4) is 34.5 Å². The molecule has 10 nitrogen and oxygen atoms in total. The molecule has 0 saturated carbocycles. The second-order valence-electron chi connectivity index (χ2n) is 7.46. The van der Waals surface area contributed by atoms with Gasteiger partial charge in [0.1, 0.15) is 0 Å². The van der Waals surface area contributed by atoms with E-state index in [0.29, 0.717) is 23.5 Å². The predicted octanol–water partition coefficient (Wildman–Crippen LogP) is 3.84. The molecule has 0 unspecified atom stereocenters. The Bertz CT molecular complexity index is 1400. The summed E-state index contributed by atoms with van der Waals surface area (Å²) >= 11 is 0. The SMILES string of the molecule is COc1ccccc1Oc1c(NS(=O)(=O)NCCc2ccccc2)nc(-c2ccncc2)nc1OC. The van der Waals surface area contributed by atoms with Crippen molar-refractivity contribution in [3.63, 3.8) is 0 Å². The number of benzene rings is 2. The van der Waals surface area contributed by atoms with E-state index in [1.54, 1.807) is 48.8 Å². The third-order valence-electron chi connectivity index (χ3n) is 5.03. The van der Waals surface area contributed by atoms with Crippen molar-refractivity contribution in [1.29, 1.82) is 0 Å². The van der Waals surface area contributed by atoms with Gasteiger partial charge >= 0.3 is 0 Å². The fourth-order valence-corrected chi connectivity index (χ4v) is 4.15. The number of para-hydroxylation sites is 2. The molecule has 2 aromatic heterocycles. The highest BCUT2D eigenvalue weighted by atomic mass is 32.2. The molecule has 2 aromatic carbocycles. The third kappa shape index (κ3) is 6.26. The van der Waals surface area contributed by atoms with Crippen LogP contribution in [0.4, 0.5) is 5.82 Å². The first-order valence-electron chi connectivity index (χ1n) is 11.0. The van der Waals surface area contributed by atoms with E-state index in [2.05, 4.69) is 24.4 Å². The van der Waals surface area contributed by atoms with Gasteiger partial charge in [0.05, 0.1) is 14.2 Å². The van der Waals surface area contributed by atoms with Crippen LogP contribution < -0.4 is 23.7 Å². The highest BCUT2D eigenvalue weighted by Crippen LogP contribution is 2.40. The summed E-state index contributed by atoms with van der Waals surface area (Å²) < 4.78 is 47.7. The number of hydrogen-bond donors (Lipinski definition) is 2. The van der Waals surface area contributed by atoms with Crippen LogP contribution in [-0.2, 0) is 16.6 Å². The number of nitrogens with one attached hydrogen (secondary N) is 2. The van der Waals surface area contributed by atoms with Gasteiger partial charge in [-0.3, -0.25) is 9.71 Å². The van der Waals surface area contributed by atoms with E-state index in [9.17, 15) is 8.42 Å². The van der Waals surface area contributed by atoms with Gasteiger partial charge in [-0.05, 0) is 36.2 Å². The molecule has 0 bridgehead atoms. The number of hydrogen-bond acceptors (Lipinski definition) is 8. The summed E-state index contributed by atoms with van der Waals surface area (Å²) in [4.78, 5) is 12.9. The van der Waals surface area contributed by atoms with Gasteiger partial charge in [-0.2, -0.15) is 18.1 Å². The van der Waals surface area contributed by atoms with Gasteiger partial charge in [-0.15, -0.1) is 0 Å². The van der Waals surface area contributed by atoms with Crippen molar-refractivity contribution in [2.45, 2.75) is 6.42 Å². The molecule has 11 heteroatoms. The quantitative estimate of drug-likeness (QED) is 0.314. The van der Waals surface area contributed by atoms with E-state index in [1.165, 1.54) is 14.2 Å². The maximum atomic E-state index is 13.0. The summed E-state index contributed by atoms with van der Waals surface area (Å²) in [6.45, 7) is 0.182. The number of pyridine rings is 1. The Morgan fingerprint density at radius 3 is 2.22 bits per heavy atom. The fraction of sp³-hybridized carbons (Fsp3) is 0.160. The molecule has 2 heterocycles. The highest BCUT2D eigenvalue weighted by molar-refractivity contribution is 7.90. The summed E-state index contributed by atoms with van der Waals surface area (Å²) in [6.07, 6.45) is 3.68. The zero-order chi connectivity index (χ0) is 25.4. The topological polar surface area (TPSA) is 125 Å². The summed E-state index contributed by atoms with van der Waals surface area (Å²) in [6, 6.07) is 19.9. The van der Waals surface area contributed by atoms with Gasteiger partial charge in [-0.25, -0.2) is 4.98 Å². The van der Waals surface area contributed by atoms with Crippen LogP contribution in [0.3, 0.4) is 0 Å². The first-order valence-corrected chi connectivity index (χ1v) is 12.5. The molecule has 186 valence electrons. The van der Waals surface area contributed by atoms with Gasteiger partial charge in [-0.1, -0.05) is 42.5 Å². The fourth-order valence-electron chi connectivity index (χ4n) is 3.31. The molecule has 0 aliphatic rings. The molecule has 0 aliphatic carbocycles. The molecular weight excluding hydrogens is 482 g/mol. The van der Waals surface area contributed by atoms with Gasteiger partial charge in [0, 0.05) is 24.5 Å². The van der Waals surface area contributed by atoms with Crippen LogP contribution in [0, 0.1) is 0 Å². The van der Waals surface area contributed by atoms with Crippen molar-refractivity contribution in [3.05, 3.63) is 84.7 Å². The molecule has 0 aliphatic heterocycles. The normalized spacial score (nSPS) is 11.1. The number of rotatable bonds is 11. The predicted molar refractivity (Wildman–Crippen MR) is 136 cm³/mol. The molecule has 2 N–H and O–H groups in total. The van der Waals surface area contributed by atoms with Crippen molar-refractivity contribution >= 4 is 16.0 Å². The van der Waals surface area contributed by atoms with Crippen LogP contribution in [0.5, 0.6) is 23.1 Å². The molecule has 0 radical (unpaired) electrons. The first-order chi connectivity index (χ1) is 17.5. The minimum Gasteiger partial charge on any atom is -0.493 e.